The van der Waals surface area contributed by atoms with E-state index in [-0.39, 0.29) is 23.6 Å². The van der Waals surface area contributed by atoms with Gasteiger partial charge >= 0.3 is 5.97 Å². The molecule has 0 radical (unpaired) electrons. The number of rotatable bonds is 4. The Morgan fingerprint density at radius 2 is 1.96 bits per heavy atom. The van der Waals surface area contributed by atoms with Crippen molar-refractivity contribution < 1.29 is 23.4 Å². The topological polar surface area (TPSA) is 46.5 Å². The number of carbonyl (C=O) groups excluding carboxylic acids is 1. The van der Waals surface area contributed by atoms with Crippen molar-refractivity contribution >= 4 is 5.97 Å². The van der Waals surface area contributed by atoms with Crippen molar-refractivity contribution in [3.8, 4) is 5.75 Å². The van der Waals surface area contributed by atoms with Gasteiger partial charge in [0.25, 0.3) is 0 Å². The summed E-state index contributed by atoms with van der Waals surface area (Å²) in [7, 11) is 0. The third-order valence-corrected chi connectivity index (χ3v) is 4.34. The monoisotopic (exact) mass is 332 g/mol. The summed E-state index contributed by atoms with van der Waals surface area (Å²) in [6, 6.07) is 7.87. The molecule has 0 saturated heterocycles. The normalized spacial score (nSPS) is 16.7. The predicted octanol–water partition coefficient (Wildman–Crippen LogP) is 3.65. The molecule has 0 fully saturated rings. The highest BCUT2D eigenvalue weighted by Gasteiger charge is 2.32. The highest BCUT2D eigenvalue weighted by atomic mass is 19.1. The highest BCUT2D eigenvalue weighted by molar-refractivity contribution is 5.83. The number of ether oxygens (including phenoxy) is 1. The summed E-state index contributed by atoms with van der Waals surface area (Å²) in [5.74, 6) is -2.46. The van der Waals surface area contributed by atoms with E-state index < -0.39 is 24.3 Å². The van der Waals surface area contributed by atoms with Crippen molar-refractivity contribution in [2.45, 2.75) is 38.7 Å². The molecule has 1 atom stereocenters. The van der Waals surface area contributed by atoms with Crippen molar-refractivity contribution in [2.24, 2.45) is 0 Å². The van der Waals surface area contributed by atoms with E-state index in [4.69, 9.17) is 9.84 Å². The zero-order valence-corrected chi connectivity index (χ0v) is 13.3. The largest absolute Gasteiger partial charge is 0.423 e. The van der Waals surface area contributed by atoms with Gasteiger partial charge in [0.1, 0.15) is 5.82 Å². The van der Waals surface area contributed by atoms with E-state index in [0.29, 0.717) is 23.1 Å². The van der Waals surface area contributed by atoms with E-state index in [1.165, 1.54) is 12.1 Å². The zero-order valence-electron chi connectivity index (χ0n) is 13.3. The number of aryl methyl sites for hydroxylation is 1. The second kappa shape index (κ2) is 6.69. The average molecular weight is 332 g/mol. The Kier molecular flexibility index (Phi) is 4.62. The molecule has 0 saturated carbocycles. The van der Waals surface area contributed by atoms with Crippen LogP contribution in [-0.4, -0.2) is 11.1 Å². The van der Waals surface area contributed by atoms with Crippen LogP contribution < -0.4 is 4.74 Å². The van der Waals surface area contributed by atoms with Gasteiger partial charge in [-0.1, -0.05) is 37.6 Å². The number of halogens is 2. The van der Waals surface area contributed by atoms with Gasteiger partial charge in [0.2, 0.25) is 0 Å². The Morgan fingerprint density at radius 1 is 1.21 bits per heavy atom. The Balaban J connectivity index is 1.93. The Morgan fingerprint density at radius 3 is 2.62 bits per heavy atom. The number of fused-ring (bicyclic) bond motifs is 1. The van der Waals surface area contributed by atoms with Crippen molar-refractivity contribution in [2.75, 3.05) is 0 Å². The van der Waals surface area contributed by atoms with Crippen molar-refractivity contribution in [1.29, 1.82) is 0 Å². The molecule has 1 aliphatic heterocycles. The van der Waals surface area contributed by atoms with Crippen molar-refractivity contribution in [3.05, 3.63) is 64.2 Å². The molecule has 0 bridgehead atoms. The van der Waals surface area contributed by atoms with Gasteiger partial charge in [-0.2, -0.15) is 0 Å². The molecular formula is C19H18F2O3. The van der Waals surface area contributed by atoms with Crippen LogP contribution in [0.1, 0.15) is 41.5 Å². The number of hydrogen-bond acceptors (Lipinski definition) is 3. The maximum Gasteiger partial charge on any atom is 0.319 e. The molecule has 1 aliphatic rings. The molecule has 3 rings (SSSR count). The quantitative estimate of drug-likeness (QED) is 0.687. The van der Waals surface area contributed by atoms with Crippen LogP contribution in [0, 0.1) is 11.6 Å². The minimum Gasteiger partial charge on any atom is -0.423 e. The van der Waals surface area contributed by atoms with Gasteiger partial charge in [-0.05, 0) is 35.6 Å². The summed E-state index contributed by atoms with van der Waals surface area (Å²) in [5.41, 5.74) is 1.75. The number of aliphatic hydroxyl groups excluding tert-OH is 1. The van der Waals surface area contributed by atoms with Crippen molar-refractivity contribution in [3.63, 3.8) is 0 Å². The van der Waals surface area contributed by atoms with Gasteiger partial charge in [-0.3, -0.25) is 4.79 Å². The van der Waals surface area contributed by atoms with Gasteiger partial charge in [0.05, 0.1) is 12.5 Å². The van der Waals surface area contributed by atoms with Crippen LogP contribution in [0.25, 0.3) is 0 Å². The van der Waals surface area contributed by atoms with Gasteiger partial charge in [0, 0.05) is 5.56 Å². The van der Waals surface area contributed by atoms with Crippen LogP contribution in [0.2, 0.25) is 0 Å². The highest BCUT2D eigenvalue weighted by Crippen LogP contribution is 2.36. The second-order valence-electron chi connectivity index (χ2n) is 5.96. The summed E-state index contributed by atoms with van der Waals surface area (Å²) in [6.07, 6.45) is 1.71. The third-order valence-electron chi connectivity index (χ3n) is 4.34. The lowest BCUT2D eigenvalue weighted by molar-refractivity contribution is -0.137. The molecule has 5 heteroatoms. The van der Waals surface area contributed by atoms with Gasteiger partial charge in [0.15, 0.2) is 11.6 Å². The lowest BCUT2D eigenvalue weighted by atomic mass is 9.88. The molecule has 126 valence electrons. The van der Waals surface area contributed by atoms with Crippen molar-refractivity contribution in [1.82, 2.24) is 0 Å². The van der Waals surface area contributed by atoms with Crippen LogP contribution in [0.5, 0.6) is 5.75 Å². The van der Waals surface area contributed by atoms with Crippen LogP contribution >= 0.6 is 0 Å². The summed E-state index contributed by atoms with van der Waals surface area (Å²) in [5, 5.41) is 9.09. The molecule has 24 heavy (non-hydrogen) atoms. The molecule has 3 nitrogen and oxygen atoms in total. The first kappa shape index (κ1) is 16.6. The molecule has 0 aromatic heterocycles. The summed E-state index contributed by atoms with van der Waals surface area (Å²) < 4.78 is 33.4. The van der Waals surface area contributed by atoms with E-state index in [0.717, 1.165) is 6.42 Å². The van der Waals surface area contributed by atoms with E-state index in [1.807, 2.05) is 6.92 Å². The fourth-order valence-corrected chi connectivity index (χ4v) is 3.01. The minimum absolute atomic E-state index is 0.0787. The smallest absolute Gasteiger partial charge is 0.319 e. The lowest BCUT2D eigenvalue weighted by Gasteiger charge is -2.25. The standard InChI is InChI=1S/C19H18F2O3/c1-2-3-11-4-5-12(9-16(11)20)15-8-13-6-7-14(10-22)17(21)18(13)24-19(15)23/h4-7,9,15,22H,2-3,8,10H2,1H3. The van der Waals surface area contributed by atoms with E-state index >= 15 is 0 Å². The number of aliphatic hydroxyl groups is 1. The molecule has 0 amide bonds. The minimum atomic E-state index is -0.716. The summed E-state index contributed by atoms with van der Waals surface area (Å²) >= 11 is 0. The molecule has 0 spiro atoms. The van der Waals surface area contributed by atoms with Gasteiger partial charge in [-0.25, -0.2) is 8.78 Å². The van der Waals surface area contributed by atoms with E-state index in [1.54, 1.807) is 18.2 Å². The van der Waals surface area contributed by atoms with Crippen LogP contribution in [0.4, 0.5) is 8.78 Å². The molecule has 1 N–H and O–H groups in total. The molecule has 2 aromatic rings. The maximum atomic E-state index is 14.2. The van der Waals surface area contributed by atoms with Gasteiger partial charge < -0.3 is 9.84 Å². The first-order valence-electron chi connectivity index (χ1n) is 7.96. The van der Waals surface area contributed by atoms with E-state index in [2.05, 4.69) is 0 Å². The number of benzene rings is 2. The molecule has 1 heterocycles. The average Bonchev–Trinajstić information content (AvgIpc) is 2.57. The number of carbonyl (C=O) groups is 1. The van der Waals surface area contributed by atoms with Crippen LogP contribution in [0.3, 0.4) is 0 Å². The fourth-order valence-electron chi connectivity index (χ4n) is 3.01. The van der Waals surface area contributed by atoms with Crippen LogP contribution in [-0.2, 0) is 24.2 Å². The molecule has 0 aliphatic carbocycles. The van der Waals surface area contributed by atoms with E-state index in [9.17, 15) is 13.6 Å². The second-order valence-corrected chi connectivity index (χ2v) is 5.96. The Bertz CT molecular complexity index is 786. The van der Waals surface area contributed by atoms with Gasteiger partial charge in [-0.15, -0.1) is 0 Å². The fraction of sp³-hybridized carbons (Fsp3) is 0.316. The first-order valence-corrected chi connectivity index (χ1v) is 7.96. The maximum absolute atomic E-state index is 14.2. The summed E-state index contributed by atoms with van der Waals surface area (Å²) in [6.45, 7) is 1.50. The summed E-state index contributed by atoms with van der Waals surface area (Å²) in [4.78, 5) is 12.3. The first-order chi connectivity index (χ1) is 11.5. The Hall–Kier alpha value is -2.27. The molecular weight excluding hydrogens is 314 g/mol. The van der Waals surface area contributed by atoms with Crippen LogP contribution in [0.15, 0.2) is 30.3 Å². The SMILES string of the molecule is CCCc1ccc(C2Cc3ccc(CO)c(F)c3OC2=O)cc1F. The zero-order chi connectivity index (χ0) is 17.3. The number of esters is 1. The number of hydrogen-bond donors (Lipinski definition) is 1. The predicted molar refractivity (Wildman–Crippen MR) is 84.8 cm³/mol. The Labute approximate surface area is 138 Å². The lowest BCUT2D eigenvalue weighted by Crippen LogP contribution is -2.27. The molecule has 2 aromatic carbocycles. The molecule has 1 unspecified atom stereocenters. The third kappa shape index (κ3) is 2.91.